The van der Waals surface area contributed by atoms with E-state index in [4.69, 9.17) is 0 Å². The number of carbonyl (C=O) groups is 2. The van der Waals surface area contributed by atoms with E-state index in [0.29, 0.717) is 12.2 Å². The van der Waals surface area contributed by atoms with Gasteiger partial charge in [-0.15, -0.1) is 0 Å². The molecule has 0 aliphatic heterocycles. The average molecular weight is 237 g/mol. The zero-order chi connectivity index (χ0) is 12.8. The van der Waals surface area contributed by atoms with Gasteiger partial charge in [0.05, 0.1) is 18.8 Å². The highest BCUT2D eigenvalue weighted by atomic mass is 16.2. The van der Waals surface area contributed by atoms with E-state index in [1.54, 1.807) is 32.4 Å². The van der Waals surface area contributed by atoms with Crippen LogP contribution in [0.2, 0.25) is 0 Å². The van der Waals surface area contributed by atoms with Gasteiger partial charge >= 0.3 is 0 Å². The summed E-state index contributed by atoms with van der Waals surface area (Å²) in [6.07, 6.45) is 1.72. The molecule has 0 saturated carbocycles. The number of Topliss-reactive ketones (excluding diaryl/α,β-unsaturated/α-hetero) is 1. The lowest BCUT2D eigenvalue weighted by Crippen LogP contribution is -2.39. The van der Waals surface area contributed by atoms with E-state index in [-0.39, 0.29) is 24.8 Å². The molecule has 0 radical (unpaired) electrons. The normalized spacial score (nSPS) is 10.6. The molecule has 17 heavy (non-hydrogen) atoms. The minimum atomic E-state index is 0.00315. The van der Waals surface area contributed by atoms with Gasteiger partial charge in [0.2, 0.25) is 5.91 Å². The van der Waals surface area contributed by atoms with Crippen LogP contribution in [0.5, 0.6) is 0 Å². The van der Waals surface area contributed by atoms with Crippen molar-refractivity contribution in [3.8, 4) is 0 Å². The van der Waals surface area contributed by atoms with Gasteiger partial charge in [-0.2, -0.15) is 0 Å². The molecule has 94 valence electrons. The van der Waals surface area contributed by atoms with Gasteiger partial charge in [0.15, 0.2) is 5.78 Å². The Kier molecular flexibility index (Phi) is 4.90. The van der Waals surface area contributed by atoms with Crippen molar-refractivity contribution >= 4 is 11.7 Å². The predicted octanol–water partition coefficient (Wildman–Crippen LogP) is 0.607. The average Bonchev–Trinajstić information content (AvgIpc) is 2.81. The number of carbonyl (C=O) groups excluding carboxylic acids is 2. The van der Waals surface area contributed by atoms with Crippen molar-refractivity contribution < 1.29 is 9.59 Å². The van der Waals surface area contributed by atoms with Gasteiger partial charge in [0.1, 0.15) is 0 Å². The molecule has 1 aromatic heterocycles. The standard InChI is InChI=1S/C12H19N3O2/c1-4-15(9-12(17)14(2)3)8-11(16)10-6-5-7-13-10/h5-7,13H,4,8-9H2,1-3H3. The Bertz CT molecular complexity index is 371. The Balaban J connectivity index is 2.53. The summed E-state index contributed by atoms with van der Waals surface area (Å²) in [5.74, 6) is 0.00884. The molecule has 1 amide bonds. The number of likely N-dealkylation sites (N-methyl/N-ethyl adjacent to an activating group) is 2. The fourth-order valence-corrected chi connectivity index (χ4v) is 1.40. The van der Waals surface area contributed by atoms with E-state index in [0.717, 1.165) is 0 Å². The number of nitrogens with zero attached hydrogens (tertiary/aromatic N) is 2. The van der Waals surface area contributed by atoms with Crippen molar-refractivity contribution in [2.24, 2.45) is 0 Å². The van der Waals surface area contributed by atoms with Crippen LogP contribution in [0.3, 0.4) is 0 Å². The predicted molar refractivity (Wildman–Crippen MR) is 65.9 cm³/mol. The number of nitrogens with one attached hydrogen (secondary N) is 1. The second kappa shape index (κ2) is 6.20. The summed E-state index contributed by atoms with van der Waals surface area (Å²) < 4.78 is 0. The number of hydrogen-bond donors (Lipinski definition) is 1. The van der Waals surface area contributed by atoms with Crippen LogP contribution in [0.1, 0.15) is 17.4 Å². The molecule has 0 bridgehead atoms. The quantitative estimate of drug-likeness (QED) is 0.737. The molecule has 5 heteroatoms. The molecule has 1 heterocycles. The van der Waals surface area contributed by atoms with Crippen molar-refractivity contribution in [3.05, 3.63) is 24.0 Å². The summed E-state index contributed by atoms with van der Waals surface area (Å²) in [6, 6.07) is 3.53. The Morgan fingerprint density at radius 1 is 1.29 bits per heavy atom. The third-order valence-electron chi connectivity index (χ3n) is 2.57. The van der Waals surface area contributed by atoms with Crippen molar-refractivity contribution in [1.29, 1.82) is 0 Å². The first-order chi connectivity index (χ1) is 8.04. The van der Waals surface area contributed by atoms with Gasteiger partial charge in [0.25, 0.3) is 0 Å². The number of rotatable bonds is 6. The Hall–Kier alpha value is -1.62. The van der Waals surface area contributed by atoms with Gasteiger partial charge in [-0.25, -0.2) is 0 Å². The van der Waals surface area contributed by atoms with Crippen molar-refractivity contribution in [3.63, 3.8) is 0 Å². The number of hydrogen-bond acceptors (Lipinski definition) is 3. The number of aromatic nitrogens is 1. The summed E-state index contributed by atoms with van der Waals surface area (Å²) in [6.45, 7) is 3.14. The van der Waals surface area contributed by atoms with Crippen LogP contribution < -0.4 is 0 Å². The molecule has 1 N–H and O–H groups in total. The molecule has 0 unspecified atom stereocenters. The van der Waals surface area contributed by atoms with Crippen LogP contribution in [-0.2, 0) is 4.79 Å². The van der Waals surface area contributed by atoms with Gasteiger partial charge < -0.3 is 9.88 Å². The summed E-state index contributed by atoms with van der Waals surface area (Å²) in [4.78, 5) is 29.6. The minimum Gasteiger partial charge on any atom is -0.359 e. The van der Waals surface area contributed by atoms with Gasteiger partial charge in [-0.1, -0.05) is 6.92 Å². The summed E-state index contributed by atoms with van der Waals surface area (Å²) in [7, 11) is 3.42. The second-order valence-electron chi connectivity index (χ2n) is 4.10. The highest BCUT2D eigenvalue weighted by Gasteiger charge is 2.15. The fraction of sp³-hybridized carbons (Fsp3) is 0.500. The summed E-state index contributed by atoms with van der Waals surface area (Å²) in [5.41, 5.74) is 0.584. The SMILES string of the molecule is CCN(CC(=O)c1ccc[nH]1)CC(=O)N(C)C. The number of amides is 1. The van der Waals surface area contributed by atoms with Gasteiger partial charge in [-0.3, -0.25) is 14.5 Å². The number of H-pyrrole nitrogens is 1. The number of ketones is 1. The first-order valence-corrected chi connectivity index (χ1v) is 5.63. The molecule has 1 aromatic rings. The molecule has 0 atom stereocenters. The smallest absolute Gasteiger partial charge is 0.236 e. The summed E-state index contributed by atoms with van der Waals surface area (Å²) >= 11 is 0. The van der Waals surface area contributed by atoms with Crippen LogP contribution in [0.25, 0.3) is 0 Å². The molecule has 0 fully saturated rings. The first-order valence-electron chi connectivity index (χ1n) is 5.63. The van der Waals surface area contributed by atoms with Crippen molar-refractivity contribution in [2.45, 2.75) is 6.92 Å². The van der Waals surface area contributed by atoms with E-state index >= 15 is 0 Å². The zero-order valence-electron chi connectivity index (χ0n) is 10.6. The Morgan fingerprint density at radius 2 is 2.00 bits per heavy atom. The molecular weight excluding hydrogens is 218 g/mol. The van der Waals surface area contributed by atoms with E-state index < -0.39 is 0 Å². The molecule has 0 aliphatic rings. The molecule has 0 aliphatic carbocycles. The van der Waals surface area contributed by atoms with Crippen LogP contribution in [0.4, 0.5) is 0 Å². The van der Waals surface area contributed by atoms with Crippen molar-refractivity contribution in [2.75, 3.05) is 33.7 Å². The van der Waals surface area contributed by atoms with E-state index in [1.165, 1.54) is 4.90 Å². The van der Waals surface area contributed by atoms with E-state index in [2.05, 4.69) is 4.98 Å². The molecule has 0 aromatic carbocycles. The van der Waals surface area contributed by atoms with E-state index in [9.17, 15) is 9.59 Å². The lowest BCUT2D eigenvalue weighted by atomic mass is 10.2. The van der Waals surface area contributed by atoms with Gasteiger partial charge in [0, 0.05) is 20.3 Å². The van der Waals surface area contributed by atoms with Crippen LogP contribution >= 0.6 is 0 Å². The molecule has 0 saturated heterocycles. The minimum absolute atomic E-state index is 0.00315. The third kappa shape index (κ3) is 4.03. The van der Waals surface area contributed by atoms with Crippen LogP contribution in [0.15, 0.2) is 18.3 Å². The van der Waals surface area contributed by atoms with Gasteiger partial charge in [-0.05, 0) is 18.7 Å². The topological polar surface area (TPSA) is 56.4 Å². The first kappa shape index (κ1) is 13.4. The Labute approximate surface area is 101 Å². The maximum Gasteiger partial charge on any atom is 0.236 e. The third-order valence-corrected chi connectivity index (χ3v) is 2.57. The van der Waals surface area contributed by atoms with E-state index in [1.807, 2.05) is 11.8 Å². The number of aromatic amines is 1. The second-order valence-corrected chi connectivity index (χ2v) is 4.10. The largest absolute Gasteiger partial charge is 0.359 e. The fourth-order valence-electron chi connectivity index (χ4n) is 1.40. The monoisotopic (exact) mass is 237 g/mol. The van der Waals surface area contributed by atoms with Crippen LogP contribution in [-0.4, -0.2) is 60.2 Å². The highest BCUT2D eigenvalue weighted by molar-refractivity contribution is 5.96. The van der Waals surface area contributed by atoms with Crippen molar-refractivity contribution in [1.82, 2.24) is 14.8 Å². The van der Waals surface area contributed by atoms with Crippen LogP contribution in [0, 0.1) is 0 Å². The zero-order valence-corrected chi connectivity index (χ0v) is 10.6. The Morgan fingerprint density at radius 3 is 2.47 bits per heavy atom. The summed E-state index contributed by atoms with van der Waals surface area (Å²) in [5, 5.41) is 0. The highest BCUT2D eigenvalue weighted by Crippen LogP contribution is 1.99. The maximum atomic E-state index is 11.8. The molecule has 5 nitrogen and oxygen atoms in total. The lowest BCUT2D eigenvalue weighted by Gasteiger charge is -2.20. The maximum absolute atomic E-state index is 11.8. The lowest BCUT2D eigenvalue weighted by molar-refractivity contribution is -0.129. The molecular formula is C12H19N3O2. The molecule has 1 rings (SSSR count). The molecule has 0 spiro atoms.